The molecule has 2 aromatic carbocycles. The zero-order valence-corrected chi connectivity index (χ0v) is 10.8. The molecule has 0 aromatic heterocycles. The Morgan fingerprint density at radius 3 is 1.84 bits per heavy atom. The van der Waals surface area contributed by atoms with E-state index in [9.17, 15) is 8.78 Å². The lowest BCUT2D eigenvalue weighted by atomic mass is 10.2. The monoisotopic (exact) mass is 266 g/mol. The van der Waals surface area contributed by atoms with Crippen molar-refractivity contribution in [3.8, 4) is 11.5 Å². The van der Waals surface area contributed by atoms with E-state index in [0.717, 1.165) is 11.3 Å². The summed E-state index contributed by atoms with van der Waals surface area (Å²) < 4.78 is 32.2. The number of rotatable bonds is 3. The summed E-state index contributed by atoms with van der Waals surface area (Å²) in [5.74, 6) is 1.11. The molecule has 2 nitrogen and oxygen atoms in total. The molecule has 0 N–H and O–H groups in total. The smallest absolute Gasteiger partial charge is 0.387 e. The summed E-state index contributed by atoms with van der Waals surface area (Å²) in [6.45, 7) is -0.857. The molecule has 0 unspecified atom stereocenters. The molecule has 0 aliphatic rings. The third-order valence-electron chi connectivity index (χ3n) is 2.23. The van der Waals surface area contributed by atoms with Crippen molar-refractivity contribution in [2.75, 3.05) is 7.11 Å². The minimum atomic E-state index is -2.74. The van der Waals surface area contributed by atoms with Gasteiger partial charge < -0.3 is 9.47 Å². The first-order valence-electron chi connectivity index (χ1n) is 5.72. The lowest BCUT2D eigenvalue weighted by Gasteiger charge is -2.02. The summed E-state index contributed by atoms with van der Waals surface area (Å²) in [4.78, 5) is 0. The van der Waals surface area contributed by atoms with Crippen molar-refractivity contribution >= 4 is 0 Å². The summed E-state index contributed by atoms with van der Waals surface area (Å²) in [6, 6.07) is 16.2. The highest BCUT2D eigenvalue weighted by molar-refractivity contribution is 5.26. The number of para-hydroxylation sites is 1. The Morgan fingerprint density at radius 2 is 1.42 bits per heavy atom. The molecular formula is C15H16F2O2. The molecule has 4 heteroatoms. The maximum absolute atomic E-state index is 11.6. The van der Waals surface area contributed by atoms with E-state index >= 15 is 0 Å². The highest BCUT2D eigenvalue weighted by Gasteiger charge is 2.01. The quantitative estimate of drug-likeness (QED) is 0.825. The molecule has 0 radical (unpaired) electrons. The summed E-state index contributed by atoms with van der Waals surface area (Å²) in [6.07, 6.45) is 0. The first kappa shape index (κ1) is 15.0. The van der Waals surface area contributed by atoms with Gasteiger partial charge in [0.2, 0.25) is 0 Å². The van der Waals surface area contributed by atoms with E-state index in [-0.39, 0.29) is 5.75 Å². The molecule has 0 spiro atoms. The van der Waals surface area contributed by atoms with Crippen molar-refractivity contribution < 1.29 is 18.3 Å². The van der Waals surface area contributed by atoms with Gasteiger partial charge in [-0.2, -0.15) is 8.78 Å². The third kappa shape index (κ3) is 6.41. The Labute approximate surface area is 111 Å². The van der Waals surface area contributed by atoms with Gasteiger partial charge in [-0.05, 0) is 31.2 Å². The van der Waals surface area contributed by atoms with Crippen molar-refractivity contribution in [2.45, 2.75) is 13.5 Å². The first-order valence-corrected chi connectivity index (χ1v) is 5.72. The number of benzene rings is 2. The van der Waals surface area contributed by atoms with Gasteiger partial charge in [-0.25, -0.2) is 0 Å². The Bertz CT molecular complexity index is 455. The summed E-state index contributed by atoms with van der Waals surface area (Å²) >= 11 is 0. The van der Waals surface area contributed by atoms with E-state index in [1.54, 1.807) is 19.2 Å². The molecule has 0 saturated carbocycles. The zero-order valence-electron chi connectivity index (χ0n) is 10.8. The normalized spacial score (nSPS) is 9.53. The maximum atomic E-state index is 11.6. The van der Waals surface area contributed by atoms with Crippen molar-refractivity contribution in [1.82, 2.24) is 0 Å². The number of halogens is 2. The van der Waals surface area contributed by atoms with Crippen LogP contribution in [0.25, 0.3) is 0 Å². The summed E-state index contributed by atoms with van der Waals surface area (Å²) in [5.41, 5.74) is 1.02. The number of alkyl halides is 2. The largest absolute Gasteiger partial charge is 0.497 e. The van der Waals surface area contributed by atoms with Crippen molar-refractivity contribution in [1.29, 1.82) is 0 Å². The Kier molecular flexibility index (Phi) is 6.36. The van der Waals surface area contributed by atoms with Gasteiger partial charge in [0.05, 0.1) is 7.11 Å². The minimum absolute atomic E-state index is 0.200. The molecule has 0 saturated heterocycles. The summed E-state index contributed by atoms with van der Waals surface area (Å²) in [5, 5.41) is 0. The number of aryl methyl sites for hydroxylation is 1. The van der Waals surface area contributed by atoms with E-state index in [2.05, 4.69) is 4.74 Å². The molecule has 102 valence electrons. The fourth-order valence-corrected chi connectivity index (χ4v) is 1.28. The van der Waals surface area contributed by atoms with Gasteiger partial charge in [0.15, 0.2) is 0 Å². The van der Waals surface area contributed by atoms with Crippen molar-refractivity contribution in [2.24, 2.45) is 0 Å². The van der Waals surface area contributed by atoms with Crippen molar-refractivity contribution in [3.05, 3.63) is 60.2 Å². The van der Waals surface area contributed by atoms with Crippen LogP contribution in [0.5, 0.6) is 11.5 Å². The summed E-state index contributed by atoms with van der Waals surface area (Å²) in [7, 11) is 1.66. The Morgan fingerprint density at radius 1 is 0.842 bits per heavy atom. The Balaban J connectivity index is 0.000000200. The molecule has 2 rings (SSSR count). The number of hydrogen-bond donors (Lipinski definition) is 0. The van der Waals surface area contributed by atoms with Gasteiger partial charge in [-0.1, -0.05) is 35.9 Å². The molecule has 0 fully saturated rings. The maximum Gasteiger partial charge on any atom is 0.387 e. The number of hydrogen-bond acceptors (Lipinski definition) is 2. The van der Waals surface area contributed by atoms with Crippen LogP contribution in [0.2, 0.25) is 0 Å². The van der Waals surface area contributed by atoms with Crippen LogP contribution in [0.15, 0.2) is 54.6 Å². The van der Waals surface area contributed by atoms with Crippen LogP contribution in [-0.4, -0.2) is 13.7 Å². The molecular weight excluding hydrogens is 250 g/mol. The molecule has 0 amide bonds. The van der Waals surface area contributed by atoms with E-state index < -0.39 is 6.61 Å². The van der Waals surface area contributed by atoms with Crippen LogP contribution < -0.4 is 9.47 Å². The fourth-order valence-electron chi connectivity index (χ4n) is 1.28. The molecule has 0 aliphatic heterocycles. The van der Waals surface area contributed by atoms with Crippen LogP contribution in [0.4, 0.5) is 8.78 Å². The average Bonchev–Trinajstić information content (AvgIpc) is 2.42. The minimum Gasteiger partial charge on any atom is -0.497 e. The fraction of sp³-hybridized carbons (Fsp3) is 0.200. The highest BCUT2D eigenvalue weighted by atomic mass is 19.3. The zero-order chi connectivity index (χ0) is 14.1. The molecule has 0 atom stereocenters. The number of ether oxygens (including phenoxy) is 2. The highest BCUT2D eigenvalue weighted by Crippen LogP contribution is 2.13. The van der Waals surface area contributed by atoms with E-state index in [1.807, 2.05) is 37.3 Å². The van der Waals surface area contributed by atoms with E-state index in [0.29, 0.717) is 0 Å². The van der Waals surface area contributed by atoms with Gasteiger partial charge in [-0.3, -0.25) is 0 Å². The predicted molar refractivity (Wildman–Crippen MR) is 70.8 cm³/mol. The second kappa shape index (κ2) is 8.08. The SMILES string of the molecule is COc1ccccc1.Cc1ccc(OC(F)F)cc1. The molecule has 0 aliphatic carbocycles. The number of methoxy groups -OCH3 is 1. The standard InChI is InChI=1S/C8H8F2O.C7H8O/c1-6-2-4-7(5-3-6)11-8(9)10;1-8-7-5-3-2-4-6-7/h2-5,8H,1H3;2-6H,1H3. The van der Waals surface area contributed by atoms with E-state index in [4.69, 9.17) is 4.74 Å². The van der Waals surface area contributed by atoms with Gasteiger partial charge >= 0.3 is 6.61 Å². The second-order valence-corrected chi connectivity index (χ2v) is 3.71. The molecule has 0 heterocycles. The average molecular weight is 266 g/mol. The topological polar surface area (TPSA) is 18.5 Å². The first-order chi connectivity index (χ1) is 9.11. The van der Waals surface area contributed by atoms with Gasteiger partial charge in [-0.15, -0.1) is 0 Å². The van der Waals surface area contributed by atoms with Crippen LogP contribution in [0.3, 0.4) is 0 Å². The molecule has 2 aromatic rings. The van der Waals surface area contributed by atoms with Crippen LogP contribution in [-0.2, 0) is 0 Å². The lowest BCUT2D eigenvalue weighted by molar-refractivity contribution is -0.0498. The molecule has 0 bridgehead atoms. The van der Waals surface area contributed by atoms with Crippen LogP contribution in [0.1, 0.15) is 5.56 Å². The van der Waals surface area contributed by atoms with Gasteiger partial charge in [0, 0.05) is 0 Å². The van der Waals surface area contributed by atoms with Crippen molar-refractivity contribution in [3.63, 3.8) is 0 Å². The lowest BCUT2D eigenvalue weighted by Crippen LogP contribution is -2.01. The van der Waals surface area contributed by atoms with Crippen LogP contribution in [0, 0.1) is 6.92 Å². The third-order valence-corrected chi connectivity index (χ3v) is 2.23. The Hall–Kier alpha value is -2.10. The molecule has 19 heavy (non-hydrogen) atoms. The predicted octanol–water partition coefficient (Wildman–Crippen LogP) is 4.29. The van der Waals surface area contributed by atoms with Gasteiger partial charge in [0.25, 0.3) is 0 Å². The second-order valence-electron chi connectivity index (χ2n) is 3.71. The van der Waals surface area contributed by atoms with Crippen LogP contribution >= 0.6 is 0 Å². The van der Waals surface area contributed by atoms with E-state index in [1.165, 1.54) is 12.1 Å². The van der Waals surface area contributed by atoms with Gasteiger partial charge in [0.1, 0.15) is 11.5 Å².